The van der Waals surface area contributed by atoms with Gasteiger partial charge in [0, 0.05) is 29.9 Å². The van der Waals surface area contributed by atoms with E-state index in [1.165, 1.54) is 31.4 Å². The Hall–Kier alpha value is -1.13. The molecule has 19 heavy (non-hydrogen) atoms. The Morgan fingerprint density at radius 1 is 1.37 bits per heavy atom. The van der Waals surface area contributed by atoms with Crippen molar-refractivity contribution in [2.24, 2.45) is 0 Å². The molecule has 102 valence electrons. The molecule has 3 rings (SSSR count). The predicted octanol–water partition coefficient (Wildman–Crippen LogP) is 3.26. The van der Waals surface area contributed by atoms with Crippen molar-refractivity contribution in [3.8, 4) is 0 Å². The minimum Gasteiger partial charge on any atom is -0.325 e. The van der Waals surface area contributed by atoms with E-state index < -0.39 is 0 Å². The fourth-order valence-electron chi connectivity index (χ4n) is 3.06. The topological polar surface area (TPSA) is 34.0 Å². The first-order valence-electron chi connectivity index (χ1n) is 6.82. The smallest absolute Gasteiger partial charge is 0.224 e. The maximum Gasteiger partial charge on any atom is 0.224 e. The summed E-state index contributed by atoms with van der Waals surface area (Å²) in [6.45, 7) is 0.921. The molecule has 1 aliphatic carbocycles. The number of halogens is 1. The SMILES string of the molecule is CN(C)Cc1cc2cnc(Cl)nc2n1C1CCCC1. The molecule has 0 aromatic carbocycles. The fraction of sp³-hybridized carbons (Fsp3) is 0.571. The summed E-state index contributed by atoms with van der Waals surface area (Å²) in [4.78, 5) is 10.7. The minimum absolute atomic E-state index is 0.334. The normalized spacial score (nSPS) is 16.8. The van der Waals surface area contributed by atoms with Crippen LogP contribution in [0.3, 0.4) is 0 Å². The highest BCUT2D eigenvalue weighted by Gasteiger charge is 2.22. The molecule has 0 bridgehead atoms. The number of rotatable bonds is 3. The van der Waals surface area contributed by atoms with E-state index in [1.54, 1.807) is 0 Å². The average molecular weight is 279 g/mol. The van der Waals surface area contributed by atoms with Gasteiger partial charge in [0.15, 0.2) is 0 Å². The van der Waals surface area contributed by atoms with Gasteiger partial charge in [0.25, 0.3) is 0 Å². The minimum atomic E-state index is 0.334. The molecule has 0 spiro atoms. The summed E-state index contributed by atoms with van der Waals surface area (Å²) in [7, 11) is 4.19. The van der Waals surface area contributed by atoms with E-state index in [4.69, 9.17) is 11.6 Å². The van der Waals surface area contributed by atoms with Crippen molar-refractivity contribution in [2.75, 3.05) is 14.1 Å². The van der Waals surface area contributed by atoms with Gasteiger partial charge in [-0.3, -0.25) is 0 Å². The second kappa shape index (κ2) is 5.10. The lowest BCUT2D eigenvalue weighted by molar-refractivity contribution is 0.377. The second-order valence-electron chi connectivity index (χ2n) is 5.60. The first-order chi connectivity index (χ1) is 9.15. The van der Waals surface area contributed by atoms with E-state index in [2.05, 4.69) is 39.6 Å². The molecule has 1 aliphatic rings. The third-order valence-electron chi connectivity index (χ3n) is 3.79. The highest BCUT2D eigenvalue weighted by atomic mass is 35.5. The molecule has 0 unspecified atom stereocenters. The predicted molar refractivity (Wildman–Crippen MR) is 77.4 cm³/mol. The average Bonchev–Trinajstić information content (AvgIpc) is 2.94. The van der Waals surface area contributed by atoms with Crippen molar-refractivity contribution >= 4 is 22.6 Å². The summed E-state index contributed by atoms with van der Waals surface area (Å²) in [6, 6.07) is 2.77. The van der Waals surface area contributed by atoms with Crippen molar-refractivity contribution in [2.45, 2.75) is 38.3 Å². The van der Waals surface area contributed by atoms with Crippen LogP contribution in [0.15, 0.2) is 12.3 Å². The molecule has 0 saturated heterocycles. The monoisotopic (exact) mass is 278 g/mol. The third-order valence-corrected chi connectivity index (χ3v) is 3.98. The van der Waals surface area contributed by atoms with Crippen LogP contribution in [0.1, 0.15) is 37.4 Å². The van der Waals surface area contributed by atoms with Crippen LogP contribution in [-0.2, 0) is 6.54 Å². The molecule has 0 atom stereocenters. The lowest BCUT2D eigenvalue weighted by atomic mass is 10.2. The summed E-state index contributed by atoms with van der Waals surface area (Å²) in [5.41, 5.74) is 2.30. The fourth-order valence-corrected chi connectivity index (χ4v) is 3.19. The molecule has 2 aromatic heterocycles. The van der Waals surface area contributed by atoms with Crippen molar-refractivity contribution in [1.82, 2.24) is 19.4 Å². The Labute approximate surface area is 118 Å². The lowest BCUT2D eigenvalue weighted by Gasteiger charge is -2.19. The largest absolute Gasteiger partial charge is 0.325 e. The third kappa shape index (κ3) is 2.47. The number of nitrogens with zero attached hydrogens (tertiary/aromatic N) is 4. The first-order valence-corrected chi connectivity index (χ1v) is 7.20. The number of aromatic nitrogens is 3. The van der Waals surface area contributed by atoms with Crippen LogP contribution in [0.25, 0.3) is 11.0 Å². The molecule has 0 radical (unpaired) electrons. The van der Waals surface area contributed by atoms with E-state index in [9.17, 15) is 0 Å². The Morgan fingerprint density at radius 3 is 2.79 bits per heavy atom. The number of hydrogen-bond acceptors (Lipinski definition) is 3. The molecule has 5 heteroatoms. The molecule has 0 amide bonds. The van der Waals surface area contributed by atoms with E-state index >= 15 is 0 Å². The van der Waals surface area contributed by atoms with Crippen molar-refractivity contribution in [3.63, 3.8) is 0 Å². The van der Waals surface area contributed by atoms with Crippen molar-refractivity contribution in [3.05, 3.63) is 23.2 Å². The van der Waals surface area contributed by atoms with Gasteiger partial charge in [0.2, 0.25) is 5.28 Å². The van der Waals surface area contributed by atoms with E-state index in [0.29, 0.717) is 11.3 Å². The van der Waals surface area contributed by atoms with Gasteiger partial charge in [0.1, 0.15) is 5.65 Å². The molecule has 1 fully saturated rings. The molecule has 0 N–H and O–H groups in total. The van der Waals surface area contributed by atoms with Crippen LogP contribution < -0.4 is 0 Å². The Bertz CT molecular complexity index is 584. The van der Waals surface area contributed by atoms with E-state index in [-0.39, 0.29) is 0 Å². The van der Waals surface area contributed by atoms with Gasteiger partial charge in [0.05, 0.1) is 0 Å². The lowest BCUT2D eigenvalue weighted by Crippen LogP contribution is -2.17. The summed E-state index contributed by atoms with van der Waals surface area (Å²) in [5, 5.41) is 1.43. The highest BCUT2D eigenvalue weighted by Crippen LogP contribution is 2.34. The molecule has 2 heterocycles. The summed E-state index contributed by atoms with van der Waals surface area (Å²) in [5.74, 6) is 0. The van der Waals surface area contributed by atoms with Crippen molar-refractivity contribution < 1.29 is 0 Å². The van der Waals surface area contributed by atoms with Crippen molar-refractivity contribution in [1.29, 1.82) is 0 Å². The molecular weight excluding hydrogens is 260 g/mol. The maximum atomic E-state index is 5.97. The summed E-state index contributed by atoms with van der Waals surface area (Å²) < 4.78 is 2.38. The van der Waals surface area contributed by atoms with Gasteiger partial charge in [-0.2, -0.15) is 4.98 Å². The highest BCUT2D eigenvalue weighted by molar-refractivity contribution is 6.28. The van der Waals surface area contributed by atoms with Crippen LogP contribution in [0.2, 0.25) is 5.28 Å². The molecule has 1 saturated carbocycles. The molecule has 2 aromatic rings. The summed E-state index contributed by atoms with van der Waals surface area (Å²) >= 11 is 5.97. The number of hydrogen-bond donors (Lipinski definition) is 0. The molecular formula is C14H19ClN4. The van der Waals surface area contributed by atoms with Gasteiger partial charge in [-0.1, -0.05) is 12.8 Å². The van der Waals surface area contributed by atoms with Gasteiger partial charge in [-0.15, -0.1) is 0 Å². The zero-order valence-electron chi connectivity index (χ0n) is 11.4. The van der Waals surface area contributed by atoms with Gasteiger partial charge in [-0.05, 0) is 44.6 Å². The molecule has 0 aliphatic heterocycles. The van der Waals surface area contributed by atoms with Crippen LogP contribution in [-0.4, -0.2) is 33.5 Å². The summed E-state index contributed by atoms with van der Waals surface area (Å²) in [6.07, 6.45) is 6.93. The number of fused-ring (bicyclic) bond motifs is 1. The van der Waals surface area contributed by atoms with Gasteiger partial charge in [-0.25, -0.2) is 4.98 Å². The zero-order chi connectivity index (χ0) is 13.4. The molecule has 4 nitrogen and oxygen atoms in total. The van der Waals surface area contributed by atoms with Crippen LogP contribution in [0.5, 0.6) is 0 Å². The van der Waals surface area contributed by atoms with E-state index in [1.807, 2.05) is 6.20 Å². The quantitative estimate of drug-likeness (QED) is 0.808. The Morgan fingerprint density at radius 2 is 2.11 bits per heavy atom. The second-order valence-corrected chi connectivity index (χ2v) is 5.94. The first kappa shape index (κ1) is 12.9. The van der Waals surface area contributed by atoms with Crippen LogP contribution in [0.4, 0.5) is 0 Å². The van der Waals surface area contributed by atoms with E-state index in [0.717, 1.165) is 17.6 Å². The van der Waals surface area contributed by atoms with Crippen LogP contribution in [0, 0.1) is 0 Å². The Kier molecular flexibility index (Phi) is 3.46. The Balaban J connectivity index is 2.14. The standard InChI is InChI=1S/C14H19ClN4/c1-18(2)9-12-7-10-8-16-14(15)17-13(10)19(12)11-5-3-4-6-11/h7-8,11H,3-6,9H2,1-2H3. The van der Waals surface area contributed by atoms with Gasteiger partial charge >= 0.3 is 0 Å². The maximum absolute atomic E-state index is 5.97. The zero-order valence-corrected chi connectivity index (χ0v) is 12.2. The van der Waals surface area contributed by atoms with Gasteiger partial charge < -0.3 is 9.47 Å². The van der Waals surface area contributed by atoms with Crippen LogP contribution >= 0.6 is 11.6 Å².